The van der Waals surface area contributed by atoms with Crippen molar-refractivity contribution in [2.24, 2.45) is 41.4 Å². The van der Waals surface area contributed by atoms with Crippen LogP contribution in [0.25, 0.3) is 0 Å². The predicted octanol–water partition coefficient (Wildman–Crippen LogP) is 3.81. The second-order valence-electron chi connectivity index (χ2n) is 9.80. The Bertz CT molecular complexity index is 739. The van der Waals surface area contributed by atoms with E-state index in [1.807, 2.05) is 13.8 Å². The molecule has 0 bridgehead atoms. The van der Waals surface area contributed by atoms with Crippen molar-refractivity contribution in [1.82, 2.24) is 4.98 Å². The van der Waals surface area contributed by atoms with Crippen LogP contribution in [0, 0.1) is 41.4 Å². The Morgan fingerprint density at radius 1 is 0.903 bits per heavy atom. The molecule has 2 heterocycles. The van der Waals surface area contributed by atoms with Crippen molar-refractivity contribution in [1.29, 1.82) is 0 Å². The van der Waals surface area contributed by atoms with Crippen molar-refractivity contribution in [2.75, 3.05) is 0 Å². The molecule has 0 unspecified atom stereocenters. The van der Waals surface area contributed by atoms with Crippen LogP contribution >= 0.6 is 0 Å². The SMILES string of the molecule is C[C@@H]1[C@@H](C)[C@@H](C)C[C@@H](C)C(=O)[C@H](C)[C@@H](O)[C@@H](C)[C@@H](c2cccnc2)OC(=O)[C@H](C)[C@H]1O. The number of aromatic nitrogens is 1. The first-order chi connectivity index (χ1) is 14.5. The Hall–Kier alpha value is -1.79. The lowest BCUT2D eigenvalue weighted by atomic mass is 9.73. The topological polar surface area (TPSA) is 96.7 Å². The Kier molecular flexibility index (Phi) is 8.78. The monoisotopic (exact) mass is 433 g/mol. The van der Waals surface area contributed by atoms with Crippen LogP contribution in [0.2, 0.25) is 0 Å². The number of Topliss-reactive ketones (excluding diaryl/α,β-unsaturated/α-hetero) is 1. The highest BCUT2D eigenvalue weighted by atomic mass is 16.5. The minimum Gasteiger partial charge on any atom is -0.457 e. The summed E-state index contributed by atoms with van der Waals surface area (Å²) in [5, 5.41) is 22.0. The van der Waals surface area contributed by atoms with Crippen molar-refractivity contribution in [3.63, 3.8) is 0 Å². The van der Waals surface area contributed by atoms with Gasteiger partial charge in [0.05, 0.1) is 18.1 Å². The molecule has 0 spiro atoms. The van der Waals surface area contributed by atoms with Gasteiger partial charge in [-0.15, -0.1) is 0 Å². The van der Waals surface area contributed by atoms with Gasteiger partial charge in [-0.3, -0.25) is 14.6 Å². The van der Waals surface area contributed by atoms with Gasteiger partial charge < -0.3 is 14.9 Å². The first-order valence-corrected chi connectivity index (χ1v) is 11.5. The number of pyridine rings is 1. The van der Waals surface area contributed by atoms with E-state index >= 15 is 0 Å². The van der Waals surface area contributed by atoms with Crippen LogP contribution < -0.4 is 0 Å². The number of esters is 1. The fourth-order valence-corrected chi connectivity index (χ4v) is 4.82. The van der Waals surface area contributed by atoms with Gasteiger partial charge in [0.2, 0.25) is 0 Å². The minimum absolute atomic E-state index is 0.00768. The zero-order chi connectivity index (χ0) is 23.5. The largest absolute Gasteiger partial charge is 0.457 e. The molecule has 2 rings (SSSR count). The zero-order valence-electron chi connectivity index (χ0n) is 19.9. The highest BCUT2D eigenvalue weighted by Crippen LogP contribution is 2.36. The number of carbonyl (C=O) groups excluding carboxylic acids is 2. The number of hydrogen-bond donors (Lipinski definition) is 2. The molecule has 0 aliphatic carbocycles. The molecule has 1 saturated heterocycles. The first-order valence-electron chi connectivity index (χ1n) is 11.5. The molecule has 6 nitrogen and oxygen atoms in total. The third-order valence-electron chi connectivity index (χ3n) is 7.59. The third-order valence-corrected chi connectivity index (χ3v) is 7.59. The molecule has 1 fully saturated rings. The number of aliphatic hydroxyl groups is 2. The molecule has 0 amide bonds. The Balaban J connectivity index is 2.46. The molecule has 2 N–H and O–H groups in total. The summed E-state index contributed by atoms with van der Waals surface area (Å²) in [4.78, 5) is 30.2. The number of carbonyl (C=O) groups is 2. The summed E-state index contributed by atoms with van der Waals surface area (Å²) in [5.74, 6) is -2.40. The lowest BCUT2D eigenvalue weighted by Gasteiger charge is -2.36. The van der Waals surface area contributed by atoms with Crippen molar-refractivity contribution in [3.8, 4) is 0 Å². The van der Waals surface area contributed by atoms with Crippen molar-refractivity contribution >= 4 is 11.8 Å². The van der Waals surface area contributed by atoms with Gasteiger partial charge in [-0.2, -0.15) is 0 Å². The lowest BCUT2D eigenvalue weighted by Crippen LogP contribution is -2.42. The normalized spacial score (nSPS) is 41.3. The molecule has 1 aromatic heterocycles. The lowest BCUT2D eigenvalue weighted by molar-refractivity contribution is -0.166. The second kappa shape index (κ2) is 10.7. The van der Waals surface area contributed by atoms with Crippen LogP contribution in [-0.4, -0.2) is 39.2 Å². The summed E-state index contributed by atoms with van der Waals surface area (Å²) in [6.07, 6.45) is 1.28. The van der Waals surface area contributed by atoms with Gasteiger partial charge in [-0.25, -0.2) is 0 Å². The van der Waals surface area contributed by atoms with E-state index < -0.39 is 42.0 Å². The van der Waals surface area contributed by atoms with Crippen LogP contribution in [0.15, 0.2) is 24.5 Å². The third kappa shape index (κ3) is 5.72. The number of nitrogens with zero attached hydrogens (tertiary/aromatic N) is 1. The van der Waals surface area contributed by atoms with Gasteiger partial charge in [0.1, 0.15) is 11.9 Å². The quantitative estimate of drug-likeness (QED) is 0.654. The van der Waals surface area contributed by atoms with Gasteiger partial charge >= 0.3 is 5.97 Å². The van der Waals surface area contributed by atoms with Crippen LogP contribution in [0.4, 0.5) is 0 Å². The number of rotatable bonds is 1. The van der Waals surface area contributed by atoms with Crippen LogP contribution in [0.1, 0.15) is 66.6 Å². The molecule has 6 heteroatoms. The summed E-state index contributed by atoms with van der Waals surface area (Å²) in [7, 11) is 0. The molecule has 0 aromatic carbocycles. The molecule has 10 atom stereocenters. The minimum atomic E-state index is -0.984. The molecular formula is C25H39NO5. The van der Waals surface area contributed by atoms with Crippen LogP contribution in [-0.2, 0) is 14.3 Å². The zero-order valence-corrected chi connectivity index (χ0v) is 19.9. The van der Waals surface area contributed by atoms with E-state index in [-0.39, 0.29) is 29.5 Å². The summed E-state index contributed by atoms with van der Waals surface area (Å²) in [6, 6.07) is 3.54. The van der Waals surface area contributed by atoms with Crippen LogP contribution in [0.5, 0.6) is 0 Å². The van der Waals surface area contributed by atoms with Crippen molar-refractivity contribution < 1.29 is 24.5 Å². The summed E-state index contributed by atoms with van der Waals surface area (Å²) in [6.45, 7) is 13.2. The molecule has 1 aliphatic heterocycles. The maximum absolute atomic E-state index is 13.1. The van der Waals surface area contributed by atoms with Gasteiger partial charge in [0.15, 0.2) is 0 Å². The number of ether oxygens (including phenoxy) is 1. The van der Waals surface area contributed by atoms with E-state index in [1.54, 1.807) is 45.3 Å². The van der Waals surface area contributed by atoms with E-state index in [4.69, 9.17) is 4.74 Å². The highest BCUT2D eigenvalue weighted by Gasteiger charge is 2.40. The molecule has 31 heavy (non-hydrogen) atoms. The highest BCUT2D eigenvalue weighted by molar-refractivity contribution is 5.83. The van der Waals surface area contributed by atoms with E-state index in [0.717, 1.165) is 0 Å². The predicted molar refractivity (Wildman–Crippen MR) is 119 cm³/mol. The Morgan fingerprint density at radius 2 is 1.52 bits per heavy atom. The number of cyclic esters (lactones) is 1. The molecule has 1 aromatic rings. The smallest absolute Gasteiger partial charge is 0.311 e. The fraction of sp³-hybridized carbons (Fsp3) is 0.720. The van der Waals surface area contributed by atoms with Gasteiger partial charge in [0, 0.05) is 35.7 Å². The van der Waals surface area contributed by atoms with E-state index in [9.17, 15) is 19.8 Å². The maximum Gasteiger partial charge on any atom is 0.311 e. The molecule has 0 saturated carbocycles. The summed E-state index contributed by atoms with van der Waals surface area (Å²) < 4.78 is 5.86. The summed E-state index contributed by atoms with van der Waals surface area (Å²) >= 11 is 0. The molecular weight excluding hydrogens is 394 g/mol. The maximum atomic E-state index is 13.1. The Morgan fingerprint density at radius 3 is 2.10 bits per heavy atom. The Labute approximate surface area is 186 Å². The van der Waals surface area contributed by atoms with Crippen LogP contribution in [0.3, 0.4) is 0 Å². The fourth-order valence-electron chi connectivity index (χ4n) is 4.82. The summed E-state index contributed by atoms with van der Waals surface area (Å²) in [5.41, 5.74) is 0.652. The molecule has 174 valence electrons. The average Bonchev–Trinajstić information content (AvgIpc) is 2.78. The van der Waals surface area contributed by atoms with Crippen molar-refractivity contribution in [2.45, 2.75) is 73.2 Å². The van der Waals surface area contributed by atoms with Gasteiger partial charge in [-0.1, -0.05) is 47.6 Å². The number of aliphatic hydroxyl groups excluding tert-OH is 2. The van der Waals surface area contributed by atoms with Crippen molar-refractivity contribution in [3.05, 3.63) is 30.1 Å². The van der Waals surface area contributed by atoms with Gasteiger partial charge in [0.25, 0.3) is 0 Å². The van der Waals surface area contributed by atoms with E-state index in [2.05, 4.69) is 18.8 Å². The standard InChI is InChI=1S/C25H39NO5/c1-13-11-14(2)21(27)17(5)23(29)18(6)24(20-9-8-10-26-12-20)31-25(30)19(7)22(28)16(4)15(13)3/h8-10,12-19,22-24,28-29H,11H2,1-7H3/t13-,14+,15-,16+,17-,18+,19+,22-,23+,24-/m0/s1. The first kappa shape index (κ1) is 25.5. The average molecular weight is 434 g/mol. The number of hydrogen-bond acceptors (Lipinski definition) is 6. The van der Waals surface area contributed by atoms with Gasteiger partial charge in [-0.05, 0) is 37.2 Å². The molecule has 0 radical (unpaired) electrons. The number of ketones is 1. The van der Waals surface area contributed by atoms with E-state index in [0.29, 0.717) is 12.0 Å². The molecule has 1 aliphatic rings. The van der Waals surface area contributed by atoms with E-state index in [1.165, 1.54) is 0 Å². The second-order valence-corrected chi connectivity index (χ2v) is 9.80.